The van der Waals surface area contributed by atoms with Crippen molar-refractivity contribution in [2.75, 3.05) is 17.3 Å². The zero-order chi connectivity index (χ0) is 20.5. The molecule has 1 heterocycles. The van der Waals surface area contributed by atoms with Gasteiger partial charge in [-0.15, -0.1) is 5.48 Å². The standard InChI is InChI=1S/C20H23ClN4O3/c1-19(2)20(3,23-28-17(26)22-15-10-8-9-14(21)13-15)25(18(27)24(19)4)16-11-6-5-7-12-16/h5-13,23H,1-4H3,(H,22,26). The molecule has 2 N–H and O–H groups in total. The summed E-state index contributed by atoms with van der Waals surface area (Å²) in [5.74, 6) is 0. The zero-order valence-corrected chi connectivity index (χ0v) is 16.9. The highest BCUT2D eigenvalue weighted by atomic mass is 35.5. The van der Waals surface area contributed by atoms with Crippen LogP contribution in [0.15, 0.2) is 54.6 Å². The molecule has 1 fully saturated rings. The number of nitrogens with one attached hydrogen (secondary N) is 2. The fraction of sp³-hybridized carbons (Fsp3) is 0.300. The molecule has 1 aliphatic rings. The lowest BCUT2D eigenvalue weighted by Crippen LogP contribution is -2.65. The third-order valence-corrected chi connectivity index (χ3v) is 5.62. The summed E-state index contributed by atoms with van der Waals surface area (Å²) in [6.07, 6.45) is -0.714. The minimum Gasteiger partial charge on any atom is -0.351 e. The van der Waals surface area contributed by atoms with E-state index in [1.165, 1.54) is 0 Å². The summed E-state index contributed by atoms with van der Waals surface area (Å²) in [6, 6.07) is 15.8. The Morgan fingerprint density at radius 1 is 1.07 bits per heavy atom. The van der Waals surface area contributed by atoms with Gasteiger partial charge < -0.3 is 9.74 Å². The summed E-state index contributed by atoms with van der Waals surface area (Å²) < 4.78 is 0. The van der Waals surface area contributed by atoms with Crippen molar-refractivity contribution in [3.8, 4) is 0 Å². The van der Waals surface area contributed by atoms with E-state index in [9.17, 15) is 9.59 Å². The Bertz CT molecular complexity index is 890. The molecule has 0 aliphatic carbocycles. The van der Waals surface area contributed by atoms with Crippen LogP contribution in [0.1, 0.15) is 20.8 Å². The highest BCUT2D eigenvalue weighted by Gasteiger charge is 2.60. The Morgan fingerprint density at radius 2 is 1.75 bits per heavy atom. The molecule has 2 aromatic carbocycles. The van der Waals surface area contributed by atoms with Gasteiger partial charge in [0.15, 0.2) is 5.66 Å². The van der Waals surface area contributed by atoms with Crippen molar-refractivity contribution < 1.29 is 14.4 Å². The molecular formula is C20H23ClN4O3. The second-order valence-electron chi connectivity index (χ2n) is 7.27. The Labute approximate surface area is 169 Å². The summed E-state index contributed by atoms with van der Waals surface area (Å²) in [5, 5.41) is 3.10. The minimum absolute atomic E-state index is 0.204. The second-order valence-corrected chi connectivity index (χ2v) is 7.71. The lowest BCUT2D eigenvalue weighted by atomic mass is 9.89. The van der Waals surface area contributed by atoms with Crippen molar-refractivity contribution in [1.29, 1.82) is 0 Å². The number of nitrogens with zero attached hydrogens (tertiary/aromatic N) is 2. The van der Waals surface area contributed by atoms with Gasteiger partial charge in [-0.05, 0) is 51.1 Å². The molecule has 1 atom stereocenters. The number of carbonyl (C=O) groups is 2. The van der Waals surface area contributed by atoms with E-state index >= 15 is 0 Å². The van der Waals surface area contributed by atoms with Gasteiger partial charge in [-0.3, -0.25) is 10.2 Å². The molecule has 28 heavy (non-hydrogen) atoms. The number of halogens is 1. The van der Waals surface area contributed by atoms with E-state index in [2.05, 4.69) is 10.8 Å². The van der Waals surface area contributed by atoms with Crippen LogP contribution < -0.4 is 15.7 Å². The van der Waals surface area contributed by atoms with Crippen molar-refractivity contribution in [3.63, 3.8) is 0 Å². The molecule has 2 aromatic rings. The first-order valence-electron chi connectivity index (χ1n) is 8.80. The van der Waals surface area contributed by atoms with E-state index in [1.54, 1.807) is 41.1 Å². The van der Waals surface area contributed by atoms with Gasteiger partial charge in [0.05, 0.1) is 5.54 Å². The molecule has 0 aromatic heterocycles. The van der Waals surface area contributed by atoms with Crippen LogP contribution in [0.2, 0.25) is 5.02 Å². The molecule has 1 saturated heterocycles. The Morgan fingerprint density at radius 3 is 2.39 bits per heavy atom. The first-order valence-corrected chi connectivity index (χ1v) is 9.18. The monoisotopic (exact) mass is 402 g/mol. The third kappa shape index (κ3) is 3.39. The van der Waals surface area contributed by atoms with Gasteiger partial charge in [-0.2, -0.15) is 0 Å². The maximum absolute atomic E-state index is 13.0. The number of hydroxylamine groups is 1. The van der Waals surface area contributed by atoms with Gasteiger partial charge in [0.2, 0.25) is 0 Å². The summed E-state index contributed by atoms with van der Waals surface area (Å²) in [7, 11) is 1.72. The Kier molecular flexibility index (Phi) is 5.23. The quantitative estimate of drug-likeness (QED) is 0.740. The van der Waals surface area contributed by atoms with Gasteiger partial charge in [-0.1, -0.05) is 35.9 Å². The smallest absolute Gasteiger partial charge is 0.351 e. The van der Waals surface area contributed by atoms with Crippen LogP contribution in [-0.2, 0) is 4.84 Å². The number of hydrogen-bond donors (Lipinski definition) is 2. The molecule has 7 nitrogen and oxygen atoms in total. The first kappa shape index (κ1) is 20.0. The predicted molar refractivity (Wildman–Crippen MR) is 109 cm³/mol. The SMILES string of the molecule is CN1C(=O)N(c2ccccc2)C(C)(NOC(=O)Nc2cccc(Cl)c2)C1(C)C. The number of urea groups is 1. The van der Waals surface area contributed by atoms with E-state index in [-0.39, 0.29) is 6.03 Å². The molecular weight excluding hydrogens is 380 g/mol. The maximum atomic E-state index is 13.0. The highest BCUT2D eigenvalue weighted by molar-refractivity contribution is 6.30. The lowest BCUT2D eigenvalue weighted by Gasteiger charge is -2.42. The molecule has 1 aliphatic heterocycles. The summed E-state index contributed by atoms with van der Waals surface area (Å²) in [5.41, 5.74) is 2.30. The number of amides is 3. The van der Waals surface area contributed by atoms with Gasteiger partial charge in [0, 0.05) is 23.4 Å². The molecule has 148 valence electrons. The molecule has 0 bridgehead atoms. The largest absolute Gasteiger partial charge is 0.430 e. The second kappa shape index (κ2) is 7.33. The summed E-state index contributed by atoms with van der Waals surface area (Å²) in [4.78, 5) is 33.7. The molecule has 0 spiro atoms. The summed E-state index contributed by atoms with van der Waals surface area (Å²) >= 11 is 5.93. The van der Waals surface area contributed by atoms with Crippen LogP contribution in [-0.4, -0.2) is 35.3 Å². The van der Waals surface area contributed by atoms with E-state index in [1.807, 2.05) is 51.1 Å². The molecule has 8 heteroatoms. The molecule has 1 unspecified atom stereocenters. The Hall–Kier alpha value is -2.77. The van der Waals surface area contributed by atoms with E-state index in [4.69, 9.17) is 16.4 Å². The van der Waals surface area contributed by atoms with Gasteiger partial charge in [-0.25, -0.2) is 9.59 Å². The van der Waals surface area contributed by atoms with Crippen LogP contribution in [0.4, 0.5) is 21.0 Å². The van der Waals surface area contributed by atoms with Crippen LogP contribution in [0.5, 0.6) is 0 Å². The third-order valence-electron chi connectivity index (χ3n) is 5.38. The van der Waals surface area contributed by atoms with Crippen LogP contribution >= 0.6 is 11.6 Å². The Balaban J connectivity index is 1.82. The highest BCUT2D eigenvalue weighted by Crippen LogP contribution is 2.41. The van der Waals surface area contributed by atoms with Gasteiger partial charge in [0.1, 0.15) is 0 Å². The van der Waals surface area contributed by atoms with Gasteiger partial charge in [0.25, 0.3) is 0 Å². The minimum atomic E-state index is -1.02. The molecule has 3 rings (SSSR count). The van der Waals surface area contributed by atoms with Crippen molar-refractivity contribution in [2.24, 2.45) is 0 Å². The topological polar surface area (TPSA) is 73.9 Å². The van der Waals surface area contributed by atoms with Gasteiger partial charge >= 0.3 is 12.1 Å². The lowest BCUT2D eigenvalue weighted by molar-refractivity contribution is 0.00468. The van der Waals surface area contributed by atoms with E-state index in [0.717, 1.165) is 0 Å². The van der Waals surface area contributed by atoms with Crippen LogP contribution in [0, 0.1) is 0 Å². The van der Waals surface area contributed by atoms with Crippen molar-refractivity contribution >= 4 is 35.1 Å². The van der Waals surface area contributed by atoms with Crippen molar-refractivity contribution in [2.45, 2.75) is 32.0 Å². The summed E-state index contributed by atoms with van der Waals surface area (Å²) in [6.45, 7) is 5.62. The first-order chi connectivity index (χ1) is 13.2. The average molecular weight is 403 g/mol. The average Bonchev–Trinajstić information content (AvgIpc) is 2.79. The molecule has 0 radical (unpaired) electrons. The number of carbonyl (C=O) groups excluding carboxylic acids is 2. The normalized spacial score (nSPS) is 21.0. The number of hydrogen-bond acceptors (Lipinski definition) is 4. The number of benzene rings is 2. The van der Waals surface area contributed by atoms with Crippen LogP contribution in [0.25, 0.3) is 0 Å². The van der Waals surface area contributed by atoms with E-state index < -0.39 is 17.3 Å². The number of rotatable bonds is 4. The fourth-order valence-electron chi connectivity index (χ4n) is 3.15. The van der Waals surface area contributed by atoms with E-state index in [0.29, 0.717) is 16.4 Å². The number of para-hydroxylation sites is 1. The molecule has 3 amide bonds. The van der Waals surface area contributed by atoms with Crippen molar-refractivity contribution in [3.05, 3.63) is 59.6 Å². The fourth-order valence-corrected chi connectivity index (χ4v) is 3.34. The van der Waals surface area contributed by atoms with Crippen molar-refractivity contribution in [1.82, 2.24) is 10.4 Å². The maximum Gasteiger partial charge on any atom is 0.430 e. The van der Waals surface area contributed by atoms with Crippen LogP contribution in [0.3, 0.4) is 0 Å². The predicted octanol–water partition coefficient (Wildman–Crippen LogP) is 4.46. The number of anilines is 2. The zero-order valence-electron chi connectivity index (χ0n) is 16.2. The number of likely N-dealkylation sites (N-methyl/N-ethyl adjacent to an activating group) is 1. The molecule has 0 saturated carbocycles.